The van der Waals surface area contributed by atoms with Gasteiger partial charge in [-0.15, -0.1) is 0 Å². The number of methoxy groups -OCH3 is 1. The topological polar surface area (TPSA) is 59.6 Å². The number of anilines is 2. The summed E-state index contributed by atoms with van der Waals surface area (Å²) >= 11 is 0. The molecule has 0 spiro atoms. The van der Waals surface area contributed by atoms with Crippen molar-refractivity contribution in [2.24, 2.45) is 0 Å². The summed E-state index contributed by atoms with van der Waals surface area (Å²) in [5, 5.41) is 6.02. The van der Waals surface area contributed by atoms with Crippen molar-refractivity contribution in [2.75, 3.05) is 24.4 Å². The van der Waals surface area contributed by atoms with Crippen molar-refractivity contribution < 1.29 is 14.3 Å². The first-order valence-corrected chi connectivity index (χ1v) is 7.56. The van der Waals surface area contributed by atoms with E-state index in [1.807, 2.05) is 38.1 Å². The predicted molar refractivity (Wildman–Crippen MR) is 92.3 cm³/mol. The first-order valence-electron chi connectivity index (χ1n) is 7.56. The van der Waals surface area contributed by atoms with Crippen LogP contribution in [0.25, 0.3) is 0 Å². The smallest absolute Gasteiger partial charge is 0.246 e. The van der Waals surface area contributed by atoms with Crippen LogP contribution in [0, 0.1) is 0 Å². The molecule has 5 nitrogen and oxygen atoms in total. The lowest BCUT2D eigenvalue weighted by molar-refractivity contribution is -0.116. The van der Waals surface area contributed by atoms with Crippen molar-refractivity contribution in [1.29, 1.82) is 0 Å². The number of ether oxygens (including phenoxy) is 2. The monoisotopic (exact) mass is 314 g/mol. The molecule has 0 radical (unpaired) electrons. The second-order valence-electron chi connectivity index (χ2n) is 5.04. The molecule has 0 saturated carbocycles. The van der Waals surface area contributed by atoms with E-state index in [9.17, 15) is 4.79 Å². The van der Waals surface area contributed by atoms with Gasteiger partial charge in [0.25, 0.3) is 0 Å². The first-order chi connectivity index (χ1) is 11.1. The highest BCUT2D eigenvalue weighted by Gasteiger charge is 2.12. The molecule has 0 aliphatic carbocycles. The second kappa shape index (κ2) is 8.08. The van der Waals surface area contributed by atoms with Crippen LogP contribution in [0.2, 0.25) is 0 Å². The second-order valence-corrected chi connectivity index (χ2v) is 5.04. The highest BCUT2D eigenvalue weighted by molar-refractivity contribution is 5.96. The molecule has 0 aliphatic rings. The molecule has 5 heteroatoms. The molecule has 0 saturated heterocycles. The van der Waals surface area contributed by atoms with Crippen molar-refractivity contribution in [2.45, 2.75) is 19.9 Å². The van der Waals surface area contributed by atoms with Gasteiger partial charge in [0.2, 0.25) is 5.91 Å². The zero-order chi connectivity index (χ0) is 16.7. The van der Waals surface area contributed by atoms with Crippen LogP contribution >= 0.6 is 0 Å². The molecule has 0 heterocycles. The van der Waals surface area contributed by atoms with Crippen LogP contribution in [0.15, 0.2) is 48.5 Å². The maximum atomic E-state index is 12.2. The number of carbonyl (C=O) groups is 1. The van der Waals surface area contributed by atoms with Gasteiger partial charge in [0, 0.05) is 11.4 Å². The Kier molecular flexibility index (Phi) is 5.86. The Morgan fingerprint density at radius 1 is 1.00 bits per heavy atom. The Bertz CT molecular complexity index is 624. The maximum Gasteiger partial charge on any atom is 0.246 e. The van der Waals surface area contributed by atoms with Gasteiger partial charge < -0.3 is 20.1 Å². The Morgan fingerprint density at radius 3 is 2.13 bits per heavy atom. The van der Waals surface area contributed by atoms with Crippen molar-refractivity contribution in [3.63, 3.8) is 0 Å². The SMILES string of the molecule is CCOc1ccc(NC(C)C(=O)Nc2ccc(OC)cc2)cc1. The minimum absolute atomic E-state index is 0.107. The molecule has 2 aromatic rings. The minimum atomic E-state index is -0.366. The molecule has 0 aliphatic heterocycles. The van der Waals surface area contributed by atoms with Gasteiger partial charge in [0.05, 0.1) is 13.7 Å². The molecule has 0 aromatic heterocycles. The van der Waals surface area contributed by atoms with Crippen molar-refractivity contribution in [3.8, 4) is 11.5 Å². The lowest BCUT2D eigenvalue weighted by Crippen LogP contribution is -2.31. The lowest BCUT2D eigenvalue weighted by Gasteiger charge is -2.16. The molecule has 122 valence electrons. The van der Waals surface area contributed by atoms with E-state index in [4.69, 9.17) is 9.47 Å². The Morgan fingerprint density at radius 2 is 1.57 bits per heavy atom. The number of benzene rings is 2. The van der Waals surface area contributed by atoms with Gasteiger partial charge in [-0.25, -0.2) is 0 Å². The van der Waals surface area contributed by atoms with E-state index in [1.54, 1.807) is 31.4 Å². The van der Waals surface area contributed by atoms with Crippen molar-refractivity contribution in [1.82, 2.24) is 0 Å². The van der Waals surface area contributed by atoms with Crippen LogP contribution in [-0.2, 0) is 4.79 Å². The number of carbonyl (C=O) groups excluding carboxylic acids is 1. The quantitative estimate of drug-likeness (QED) is 0.821. The zero-order valence-corrected chi connectivity index (χ0v) is 13.6. The van der Waals surface area contributed by atoms with E-state index < -0.39 is 0 Å². The summed E-state index contributed by atoms with van der Waals surface area (Å²) in [4.78, 5) is 12.2. The molecule has 0 fully saturated rings. The molecule has 2 rings (SSSR count). The third-order valence-electron chi connectivity index (χ3n) is 3.30. The molecule has 1 unspecified atom stereocenters. The fraction of sp³-hybridized carbons (Fsp3) is 0.278. The van der Waals surface area contributed by atoms with Gasteiger partial charge in [0.1, 0.15) is 17.5 Å². The van der Waals surface area contributed by atoms with E-state index in [1.165, 1.54) is 0 Å². The summed E-state index contributed by atoms with van der Waals surface area (Å²) in [5.74, 6) is 1.46. The highest BCUT2D eigenvalue weighted by Crippen LogP contribution is 2.18. The van der Waals surface area contributed by atoms with Crippen molar-refractivity contribution >= 4 is 17.3 Å². The summed E-state index contributed by atoms with van der Waals surface area (Å²) < 4.78 is 10.5. The minimum Gasteiger partial charge on any atom is -0.497 e. The summed E-state index contributed by atoms with van der Waals surface area (Å²) in [6, 6.07) is 14.4. The highest BCUT2D eigenvalue weighted by atomic mass is 16.5. The molecular formula is C18H22N2O3. The van der Waals surface area contributed by atoms with Gasteiger partial charge in [-0.3, -0.25) is 4.79 Å². The maximum absolute atomic E-state index is 12.2. The van der Waals surface area contributed by atoms with E-state index in [-0.39, 0.29) is 11.9 Å². The van der Waals surface area contributed by atoms with E-state index in [0.29, 0.717) is 6.61 Å². The third kappa shape index (κ3) is 4.92. The number of rotatable bonds is 7. The predicted octanol–water partition coefficient (Wildman–Crippen LogP) is 3.53. The molecule has 0 bridgehead atoms. The summed E-state index contributed by atoms with van der Waals surface area (Å²) in [5.41, 5.74) is 1.60. The zero-order valence-electron chi connectivity index (χ0n) is 13.6. The van der Waals surface area contributed by atoms with Crippen LogP contribution in [-0.4, -0.2) is 25.7 Å². The summed E-state index contributed by atoms with van der Waals surface area (Å²) in [7, 11) is 1.61. The Labute approximate surface area is 136 Å². The summed E-state index contributed by atoms with van der Waals surface area (Å²) in [6.07, 6.45) is 0. The van der Waals surface area contributed by atoms with Gasteiger partial charge in [-0.2, -0.15) is 0 Å². The average Bonchev–Trinajstić information content (AvgIpc) is 2.57. The van der Waals surface area contributed by atoms with Gasteiger partial charge in [-0.05, 0) is 62.4 Å². The van der Waals surface area contributed by atoms with Crippen LogP contribution in [0.1, 0.15) is 13.8 Å². The number of hydrogen-bond donors (Lipinski definition) is 2. The van der Waals surface area contributed by atoms with Crippen molar-refractivity contribution in [3.05, 3.63) is 48.5 Å². The van der Waals surface area contributed by atoms with Crippen LogP contribution < -0.4 is 20.1 Å². The van der Waals surface area contributed by atoms with E-state index in [0.717, 1.165) is 22.9 Å². The van der Waals surface area contributed by atoms with E-state index in [2.05, 4.69) is 10.6 Å². The molecule has 2 aromatic carbocycles. The molecule has 1 amide bonds. The van der Waals surface area contributed by atoms with Gasteiger partial charge >= 0.3 is 0 Å². The van der Waals surface area contributed by atoms with E-state index >= 15 is 0 Å². The van der Waals surface area contributed by atoms with Gasteiger partial charge in [0.15, 0.2) is 0 Å². The Balaban J connectivity index is 1.90. The third-order valence-corrected chi connectivity index (χ3v) is 3.30. The first kappa shape index (κ1) is 16.7. The largest absolute Gasteiger partial charge is 0.497 e. The fourth-order valence-corrected chi connectivity index (χ4v) is 2.05. The van der Waals surface area contributed by atoms with Crippen LogP contribution in [0.3, 0.4) is 0 Å². The lowest BCUT2D eigenvalue weighted by atomic mass is 10.2. The van der Waals surface area contributed by atoms with Gasteiger partial charge in [-0.1, -0.05) is 0 Å². The normalized spacial score (nSPS) is 11.4. The Hall–Kier alpha value is -2.69. The molecular weight excluding hydrogens is 292 g/mol. The fourth-order valence-electron chi connectivity index (χ4n) is 2.05. The molecule has 2 N–H and O–H groups in total. The van der Waals surface area contributed by atoms with Crippen LogP contribution in [0.5, 0.6) is 11.5 Å². The number of hydrogen-bond acceptors (Lipinski definition) is 4. The number of amides is 1. The molecule has 1 atom stereocenters. The standard InChI is InChI=1S/C18H22N2O3/c1-4-23-17-11-7-14(8-12-17)19-13(2)18(21)20-15-5-9-16(22-3)10-6-15/h5-13,19H,4H2,1-3H3,(H,20,21). The number of nitrogens with one attached hydrogen (secondary N) is 2. The molecule has 23 heavy (non-hydrogen) atoms. The summed E-state index contributed by atoms with van der Waals surface area (Å²) in [6.45, 7) is 4.39. The van der Waals surface area contributed by atoms with Crippen LogP contribution in [0.4, 0.5) is 11.4 Å². The average molecular weight is 314 g/mol.